The Morgan fingerprint density at radius 1 is 1.23 bits per heavy atom. The molecule has 5 nitrogen and oxygen atoms in total. The summed E-state index contributed by atoms with van der Waals surface area (Å²) in [6, 6.07) is 9.70. The van der Waals surface area contributed by atoms with Crippen LogP contribution in [0.4, 0.5) is 0 Å². The number of amides is 1. The van der Waals surface area contributed by atoms with Crippen molar-refractivity contribution in [3.8, 4) is 0 Å². The van der Waals surface area contributed by atoms with Crippen LogP contribution in [0, 0.1) is 13.8 Å². The van der Waals surface area contributed by atoms with Crippen molar-refractivity contribution in [2.45, 2.75) is 20.3 Å². The average molecular weight is 294 g/mol. The highest BCUT2D eigenvalue weighted by Crippen LogP contribution is 2.15. The van der Waals surface area contributed by atoms with Crippen LogP contribution in [0.15, 0.2) is 42.7 Å². The van der Waals surface area contributed by atoms with Gasteiger partial charge in [-0.05, 0) is 37.6 Å². The fourth-order valence-electron chi connectivity index (χ4n) is 2.52. The van der Waals surface area contributed by atoms with E-state index in [4.69, 9.17) is 0 Å². The van der Waals surface area contributed by atoms with Crippen molar-refractivity contribution in [3.05, 3.63) is 65.4 Å². The van der Waals surface area contributed by atoms with Crippen molar-refractivity contribution in [2.24, 2.45) is 0 Å². The minimum atomic E-state index is -0.105. The van der Waals surface area contributed by atoms with Gasteiger partial charge in [-0.25, -0.2) is 4.98 Å². The number of carbonyl (C=O) groups is 1. The lowest BCUT2D eigenvalue weighted by molar-refractivity contribution is 0.0947. The Labute approximate surface area is 129 Å². The molecule has 3 aromatic heterocycles. The third-order valence-electron chi connectivity index (χ3n) is 3.63. The summed E-state index contributed by atoms with van der Waals surface area (Å²) in [5.41, 5.74) is 4.19. The maximum Gasteiger partial charge on any atom is 0.270 e. The summed E-state index contributed by atoms with van der Waals surface area (Å²) in [6.07, 6.45) is 4.34. The third-order valence-corrected chi connectivity index (χ3v) is 3.63. The standard InChI is InChI=1S/C17H18N4O/c1-12-6-5-11-21-15(13(2)20-16(12)21)17(22)19-10-8-14-7-3-4-9-18-14/h3-7,9,11H,8,10H2,1-2H3,(H,19,22). The van der Waals surface area contributed by atoms with Crippen LogP contribution in [-0.2, 0) is 6.42 Å². The van der Waals surface area contributed by atoms with Crippen molar-refractivity contribution in [1.29, 1.82) is 0 Å². The zero-order valence-electron chi connectivity index (χ0n) is 12.7. The maximum absolute atomic E-state index is 12.4. The highest BCUT2D eigenvalue weighted by atomic mass is 16.1. The van der Waals surface area contributed by atoms with Gasteiger partial charge >= 0.3 is 0 Å². The summed E-state index contributed by atoms with van der Waals surface area (Å²) in [5, 5.41) is 2.95. The lowest BCUT2D eigenvalue weighted by Crippen LogP contribution is -2.27. The predicted octanol–water partition coefficient (Wildman–Crippen LogP) is 2.32. The van der Waals surface area contributed by atoms with Gasteiger partial charge in [0.25, 0.3) is 5.91 Å². The number of hydrogen-bond donors (Lipinski definition) is 1. The van der Waals surface area contributed by atoms with Crippen molar-refractivity contribution < 1.29 is 4.79 Å². The van der Waals surface area contributed by atoms with E-state index in [-0.39, 0.29) is 5.91 Å². The molecular formula is C17H18N4O. The first kappa shape index (κ1) is 14.3. The van der Waals surface area contributed by atoms with Gasteiger partial charge in [0.05, 0.1) is 5.69 Å². The van der Waals surface area contributed by atoms with Crippen molar-refractivity contribution >= 4 is 11.6 Å². The molecule has 3 rings (SSSR count). The van der Waals surface area contributed by atoms with E-state index >= 15 is 0 Å². The Morgan fingerprint density at radius 2 is 2.09 bits per heavy atom. The largest absolute Gasteiger partial charge is 0.350 e. The van der Waals surface area contributed by atoms with Gasteiger partial charge in [0, 0.05) is 31.1 Å². The molecule has 1 N–H and O–H groups in total. The lowest BCUT2D eigenvalue weighted by atomic mass is 10.2. The number of carbonyl (C=O) groups excluding carboxylic acids is 1. The molecule has 0 bridgehead atoms. The number of pyridine rings is 2. The second-order valence-electron chi connectivity index (χ2n) is 5.26. The molecule has 0 atom stereocenters. The highest BCUT2D eigenvalue weighted by Gasteiger charge is 2.16. The monoisotopic (exact) mass is 294 g/mol. The molecule has 0 unspecified atom stereocenters. The number of aryl methyl sites for hydroxylation is 2. The Hall–Kier alpha value is -2.69. The molecule has 3 aromatic rings. The van der Waals surface area contributed by atoms with Gasteiger partial charge in [-0.15, -0.1) is 0 Å². The molecule has 0 saturated heterocycles. The van der Waals surface area contributed by atoms with E-state index in [1.54, 1.807) is 6.20 Å². The minimum Gasteiger partial charge on any atom is -0.350 e. The topological polar surface area (TPSA) is 59.3 Å². The van der Waals surface area contributed by atoms with E-state index in [2.05, 4.69) is 15.3 Å². The molecule has 5 heteroatoms. The Morgan fingerprint density at radius 3 is 2.86 bits per heavy atom. The van der Waals surface area contributed by atoms with Crippen molar-refractivity contribution in [2.75, 3.05) is 6.54 Å². The molecule has 0 aliphatic carbocycles. The predicted molar refractivity (Wildman–Crippen MR) is 84.9 cm³/mol. The number of nitrogens with one attached hydrogen (secondary N) is 1. The Balaban J connectivity index is 1.75. The molecule has 3 heterocycles. The van der Waals surface area contributed by atoms with Crippen molar-refractivity contribution in [3.63, 3.8) is 0 Å². The fourth-order valence-corrected chi connectivity index (χ4v) is 2.52. The summed E-state index contributed by atoms with van der Waals surface area (Å²) in [5.74, 6) is -0.105. The quantitative estimate of drug-likeness (QED) is 0.803. The van der Waals surface area contributed by atoms with E-state index in [0.29, 0.717) is 18.7 Å². The average Bonchev–Trinajstić information content (AvgIpc) is 2.86. The van der Waals surface area contributed by atoms with Crippen LogP contribution in [0.5, 0.6) is 0 Å². The number of rotatable bonds is 4. The smallest absolute Gasteiger partial charge is 0.270 e. The molecule has 0 aromatic carbocycles. The van der Waals surface area contributed by atoms with Crippen LogP contribution >= 0.6 is 0 Å². The van der Waals surface area contributed by atoms with E-state index in [0.717, 1.165) is 22.6 Å². The first-order valence-electron chi connectivity index (χ1n) is 7.29. The summed E-state index contributed by atoms with van der Waals surface area (Å²) in [4.78, 5) is 21.2. The van der Waals surface area contributed by atoms with E-state index in [1.807, 2.05) is 54.8 Å². The van der Waals surface area contributed by atoms with Gasteiger partial charge in [0.15, 0.2) is 0 Å². The Kier molecular flexibility index (Phi) is 3.87. The van der Waals surface area contributed by atoms with Crippen LogP contribution < -0.4 is 5.32 Å². The second kappa shape index (κ2) is 5.97. The molecule has 22 heavy (non-hydrogen) atoms. The third kappa shape index (κ3) is 2.70. The van der Waals surface area contributed by atoms with Gasteiger partial charge in [-0.2, -0.15) is 0 Å². The van der Waals surface area contributed by atoms with Gasteiger partial charge in [-0.1, -0.05) is 12.1 Å². The molecule has 1 amide bonds. The lowest BCUT2D eigenvalue weighted by Gasteiger charge is -2.06. The SMILES string of the molecule is Cc1nc2c(C)cccn2c1C(=O)NCCc1ccccn1. The van der Waals surface area contributed by atoms with Gasteiger partial charge in [-0.3, -0.25) is 14.2 Å². The minimum absolute atomic E-state index is 0.105. The molecule has 0 radical (unpaired) electrons. The molecule has 0 spiro atoms. The van der Waals surface area contributed by atoms with Crippen LogP contribution in [0.2, 0.25) is 0 Å². The van der Waals surface area contributed by atoms with E-state index < -0.39 is 0 Å². The van der Waals surface area contributed by atoms with Gasteiger partial charge in [0.1, 0.15) is 11.3 Å². The summed E-state index contributed by atoms with van der Waals surface area (Å²) in [7, 11) is 0. The molecule has 0 aliphatic heterocycles. The first-order chi connectivity index (χ1) is 10.7. The highest BCUT2D eigenvalue weighted by molar-refractivity contribution is 5.94. The molecule has 0 saturated carbocycles. The van der Waals surface area contributed by atoms with E-state index in [9.17, 15) is 4.79 Å². The number of aromatic nitrogens is 3. The summed E-state index contributed by atoms with van der Waals surface area (Å²) >= 11 is 0. The van der Waals surface area contributed by atoms with Crippen LogP contribution in [0.3, 0.4) is 0 Å². The molecular weight excluding hydrogens is 276 g/mol. The number of imidazole rings is 1. The molecule has 0 fully saturated rings. The number of hydrogen-bond acceptors (Lipinski definition) is 3. The first-order valence-corrected chi connectivity index (χ1v) is 7.29. The number of fused-ring (bicyclic) bond motifs is 1. The second-order valence-corrected chi connectivity index (χ2v) is 5.26. The van der Waals surface area contributed by atoms with Crippen LogP contribution in [0.25, 0.3) is 5.65 Å². The van der Waals surface area contributed by atoms with Crippen LogP contribution in [-0.4, -0.2) is 26.8 Å². The number of nitrogens with zero attached hydrogens (tertiary/aromatic N) is 3. The normalized spacial score (nSPS) is 10.8. The fraction of sp³-hybridized carbons (Fsp3) is 0.235. The van der Waals surface area contributed by atoms with Crippen molar-refractivity contribution in [1.82, 2.24) is 19.7 Å². The summed E-state index contributed by atoms with van der Waals surface area (Å²) in [6.45, 7) is 4.40. The van der Waals surface area contributed by atoms with Gasteiger partial charge in [0.2, 0.25) is 0 Å². The maximum atomic E-state index is 12.4. The zero-order chi connectivity index (χ0) is 15.5. The molecule has 112 valence electrons. The van der Waals surface area contributed by atoms with Gasteiger partial charge < -0.3 is 5.32 Å². The Bertz CT molecular complexity index is 808. The zero-order valence-corrected chi connectivity index (χ0v) is 12.7. The molecule has 0 aliphatic rings. The van der Waals surface area contributed by atoms with E-state index in [1.165, 1.54) is 0 Å². The summed E-state index contributed by atoms with van der Waals surface area (Å²) < 4.78 is 1.85. The van der Waals surface area contributed by atoms with Crippen LogP contribution in [0.1, 0.15) is 27.4 Å².